The van der Waals surface area contributed by atoms with Gasteiger partial charge >= 0.3 is 0 Å². The lowest BCUT2D eigenvalue weighted by atomic mass is 10.0. The van der Waals surface area contributed by atoms with Crippen molar-refractivity contribution in [2.24, 2.45) is 16.3 Å². The zero-order valence-electron chi connectivity index (χ0n) is 10.3. The van der Waals surface area contributed by atoms with Crippen LogP contribution in [0.1, 0.15) is 17.7 Å². The molecule has 5 nitrogen and oxygen atoms in total. The van der Waals surface area contributed by atoms with Crippen LogP contribution in [0.2, 0.25) is 0 Å². The largest absolute Gasteiger partial charge is 0.409 e. The molecule has 1 aromatic heterocycles. The highest BCUT2D eigenvalue weighted by atomic mass is 32.1. The van der Waals surface area contributed by atoms with E-state index >= 15 is 0 Å². The first-order chi connectivity index (χ1) is 8.60. The van der Waals surface area contributed by atoms with Gasteiger partial charge in [0.05, 0.1) is 0 Å². The third-order valence-corrected chi connectivity index (χ3v) is 4.31. The molecule has 0 atom stereocenters. The van der Waals surface area contributed by atoms with E-state index in [1.807, 2.05) is 11.4 Å². The highest BCUT2D eigenvalue weighted by Crippen LogP contribution is 2.47. The Kier molecular flexibility index (Phi) is 3.56. The Morgan fingerprint density at radius 2 is 2.39 bits per heavy atom. The van der Waals surface area contributed by atoms with Crippen LogP contribution in [-0.2, 0) is 11.2 Å². The second-order valence-corrected chi connectivity index (χ2v) is 5.66. The summed E-state index contributed by atoms with van der Waals surface area (Å²) in [5, 5.41) is 13.7. The van der Waals surface area contributed by atoms with Crippen molar-refractivity contribution in [1.29, 1.82) is 0 Å². The number of oxime groups is 1. The molecule has 1 aliphatic rings. The highest BCUT2D eigenvalue weighted by Gasteiger charge is 2.55. The number of nitrogens with two attached hydrogens (primary N) is 1. The number of nitrogens with zero attached hydrogens (tertiary/aromatic N) is 2. The Morgan fingerprint density at radius 1 is 1.67 bits per heavy atom. The number of hydrogen-bond acceptors (Lipinski definition) is 4. The van der Waals surface area contributed by atoms with Crippen molar-refractivity contribution < 1.29 is 10.0 Å². The van der Waals surface area contributed by atoms with Crippen LogP contribution in [0.5, 0.6) is 0 Å². The number of likely N-dealkylation sites (N-methyl/N-ethyl adjacent to an activating group) is 1. The maximum atomic E-state index is 12.2. The normalized spacial score (nSPS) is 17.5. The fraction of sp³-hybridized carbons (Fsp3) is 0.500. The zero-order chi connectivity index (χ0) is 13.2. The molecule has 0 bridgehead atoms. The van der Waals surface area contributed by atoms with Gasteiger partial charge in [-0.2, -0.15) is 0 Å². The third-order valence-electron chi connectivity index (χ3n) is 3.38. The van der Waals surface area contributed by atoms with Gasteiger partial charge in [-0.1, -0.05) is 11.2 Å². The Bertz CT molecular complexity index is 452. The summed E-state index contributed by atoms with van der Waals surface area (Å²) in [5.41, 5.74) is 4.86. The number of carbonyl (C=O) groups is 1. The van der Waals surface area contributed by atoms with Gasteiger partial charge in [-0.3, -0.25) is 4.79 Å². The molecular formula is C12H17N3O2S. The molecule has 0 radical (unpaired) electrons. The summed E-state index contributed by atoms with van der Waals surface area (Å²) < 4.78 is 0. The van der Waals surface area contributed by atoms with Gasteiger partial charge in [0.2, 0.25) is 5.91 Å². The molecule has 1 amide bonds. The van der Waals surface area contributed by atoms with Gasteiger partial charge in [-0.05, 0) is 30.7 Å². The first kappa shape index (κ1) is 12.9. The second-order valence-electron chi connectivity index (χ2n) is 4.62. The van der Waals surface area contributed by atoms with Crippen molar-refractivity contribution >= 4 is 23.1 Å². The second kappa shape index (κ2) is 4.97. The Hall–Kier alpha value is -1.56. The standard InChI is InChI=1S/C12H17N3O2S/c1-15(7-4-9-3-2-8-18-9)11(16)12(5-6-12)10(13)14-17/h2-3,8,17H,4-7H2,1H3,(H2,13,14). The van der Waals surface area contributed by atoms with E-state index in [9.17, 15) is 4.79 Å². The number of amides is 1. The van der Waals surface area contributed by atoms with Crippen LogP contribution >= 0.6 is 11.3 Å². The monoisotopic (exact) mass is 267 g/mol. The highest BCUT2D eigenvalue weighted by molar-refractivity contribution is 7.09. The molecule has 3 N–H and O–H groups in total. The maximum absolute atomic E-state index is 12.2. The van der Waals surface area contributed by atoms with Crippen LogP contribution in [0.3, 0.4) is 0 Å². The maximum Gasteiger partial charge on any atom is 0.236 e. The molecule has 1 heterocycles. The molecule has 2 rings (SSSR count). The molecule has 0 unspecified atom stereocenters. The van der Waals surface area contributed by atoms with Gasteiger partial charge in [-0.25, -0.2) is 0 Å². The van der Waals surface area contributed by atoms with Crippen molar-refractivity contribution in [1.82, 2.24) is 4.90 Å². The lowest BCUT2D eigenvalue weighted by Gasteiger charge is -2.22. The molecule has 18 heavy (non-hydrogen) atoms. The number of hydrogen-bond donors (Lipinski definition) is 2. The average molecular weight is 267 g/mol. The predicted octanol–water partition coefficient (Wildman–Crippen LogP) is 1.28. The van der Waals surface area contributed by atoms with Crippen LogP contribution < -0.4 is 5.73 Å². The summed E-state index contributed by atoms with van der Waals surface area (Å²) >= 11 is 1.68. The first-order valence-electron chi connectivity index (χ1n) is 5.86. The molecule has 0 aromatic carbocycles. The zero-order valence-corrected chi connectivity index (χ0v) is 11.1. The Balaban J connectivity index is 1.93. The summed E-state index contributed by atoms with van der Waals surface area (Å²) in [7, 11) is 1.76. The summed E-state index contributed by atoms with van der Waals surface area (Å²) in [6.45, 7) is 0.653. The van der Waals surface area contributed by atoms with E-state index in [-0.39, 0.29) is 11.7 Å². The SMILES string of the molecule is CN(CCc1cccs1)C(=O)C1(/C(N)=N/O)CC1. The van der Waals surface area contributed by atoms with Crippen molar-refractivity contribution in [2.75, 3.05) is 13.6 Å². The molecule has 1 aromatic rings. The van der Waals surface area contributed by atoms with E-state index in [0.29, 0.717) is 19.4 Å². The smallest absolute Gasteiger partial charge is 0.236 e. The van der Waals surface area contributed by atoms with E-state index < -0.39 is 5.41 Å². The number of rotatable bonds is 5. The fourth-order valence-electron chi connectivity index (χ4n) is 2.00. The van der Waals surface area contributed by atoms with Crippen molar-refractivity contribution in [2.45, 2.75) is 19.3 Å². The minimum Gasteiger partial charge on any atom is -0.409 e. The summed E-state index contributed by atoms with van der Waals surface area (Å²) in [4.78, 5) is 15.2. The summed E-state index contributed by atoms with van der Waals surface area (Å²) in [6, 6.07) is 4.06. The van der Waals surface area contributed by atoms with E-state index in [4.69, 9.17) is 10.9 Å². The van der Waals surface area contributed by atoms with E-state index in [0.717, 1.165) is 6.42 Å². The quantitative estimate of drug-likeness (QED) is 0.365. The Labute approximate surface area is 110 Å². The predicted molar refractivity (Wildman–Crippen MR) is 70.7 cm³/mol. The first-order valence-corrected chi connectivity index (χ1v) is 6.74. The van der Waals surface area contributed by atoms with E-state index in [2.05, 4.69) is 11.2 Å². The van der Waals surface area contributed by atoms with Crippen LogP contribution in [0.25, 0.3) is 0 Å². The Morgan fingerprint density at radius 3 is 2.89 bits per heavy atom. The van der Waals surface area contributed by atoms with Crippen molar-refractivity contribution in [3.63, 3.8) is 0 Å². The molecular weight excluding hydrogens is 250 g/mol. The lowest BCUT2D eigenvalue weighted by Crippen LogP contribution is -2.42. The van der Waals surface area contributed by atoms with E-state index in [1.165, 1.54) is 4.88 Å². The fourth-order valence-corrected chi connectivity index (χ4v) is 2.70. The molecule has 98 valence electrons. The van der Waals surface area contributed by atoms with Crippen LogP contribution in [0, 0.1) is 5.41 Å². The van der Waals surface area contributed by atoms with Crippen molar-refractivity contribution in [3.8, 4) is 0 Å². The molecule has 6 heteroatoms. The topological polar surface area (TPSA) is 78.9 Å². The van der Waals surface area contributed by atoms with Gasteiger partial charge in [0.25, 0.3) is 0 Å². The third kappa shape index (κ3) is 2.33. The number of carbonyl (C=O) groups excluding carboxylic acids is 1. The number of amidine groups is 1. The molecule has 1 aliphatic carbocycles. The van der Waals surface area contributed by atoms with Crippen LogP contribution in [0.15, 0.2) is 22.7 Å². The lowest BCUT2D eigenvalue weighted by molar-refractivity contribution is -0.133. The average Bonchev–Trinajstić information content (AvgIpc) is 3.04. The van der Waals surface area contributed by atoms with Gasteiger partial charge in [0.15, 0.2) is 5.84 Å². The molecule has 0 aliphatic heterocycles. The van der Waals surface area contributed by atoms with Crippen LogP contribution in [0.4, 0.5) is 0 Å². The molecule has 0 spiro atoms. The van der Waals surface area contributed by atoms with Gasteiger partial charge in [0.1, 0.15) is 5.41 Å². The molecule has 1 fully saturated rings. The van der Waals surface area contributed by atoms with Crippen molar-refractivity contribution in [3.05, 3.63) is 22.4 Å². The minimum absolute atomic E-state index is 0.0375. The minimum atomic E-state index is -0.737. The molecule has 0 saturated heterocycles. The number of thiophene rings is 1. The van der Waals surface area contributed by atoms with E-state index in [1.54, 1.807) is 23.3 Å². The molecule has 1 saturated carbocycles. The van der Waals surface area contributed by atoms with Crippen LogP contribution in [-0.4, -0.2) is 35.4 Å². The summed E-state index contributed by atoms with van der Waals surface area (Å²) in [5.74, 6) is -0.00942. The summed E-state index contributed by atoms with van der Waals surface area (Å²) in [6.07, 6.45) is 2.18. The van der Waals surface area contributed by atoms with Gasteiger partial charge < -0.3 is 15.8 Å². The van der Waals surface area contributed by atoms with Gasteiger partial charge in [-0.15, -0.1) is 11.3 Å². The van der Waals surface area contributed by atoms with Gasteiger partial charge in [0, 0.05) is 18.5 Å².